The van der Waals surface area contributed by atoms with Gasteiger partial charge in [-0.05, 0) is 5.75 Å². The lowest BCUT2D eigenvalue weighted by molar-refractivity contribution is 0.375. The summed E-state index contributed by atoms with van der Waals surface area (Å²) in [6, 6.07) is 2.04. The van der Waals surface area contributed by atoms with Crippen LogP contribution in [0.2, 0.25) is 0 Å². The van der Waals surface area contributed by atoms with Gasteiger partial charge in [0, 0.05) is 12.8 Å². The summed E-state index contributed by atoms with van der Waals surface area (Å²) in [6.07, 6.45) is 0.989. The lowest BCUT2D eigenvalue weighted by atomic mass is 10.3. The average molecular weight is 197 g/mol. The Morgan fingerprint density at radius 1 is 1.62 bits per heavy atom. The van der Waals surface area contributed by atoms with E-state index in [1.165, 1.54) is 0 Å². The van der Waals surface area contributed by atoms with Gasteiger partial charge in [-0.1, -0.05) is 12.1 Å². The quantitative estimate of drug-likeness (QED) is 0.720. The first kappa shape index (κ1) is 10.1. The van der Waals surface area contributed by atoms with Crippen molar-refractivity contribution in [3.63, 3.8) is 0 Å². The molecule has 0 N–H and O–H groups in total. The standard InChI is InChI=1S/C8H11N3OS/c1-2-13-6-7-10-8(12-11-7)4-3-5-9/h2-4,6H2,1H3. The summed E-state index contributed by atoms with van der Waals surface area (Å²) in [5.41, 5.74) is 0. The SMILES string of the molecule is CCSCc1noc(CCC#N)n1. The first-order chi connectivity index (χ1) is 6.36. The number of nitrogens with zero attached hydrogens (tertiary/aromatic N) is 3. The van der Waals surface area contributed by atoms with Crippen molar-refractivity contribution in [2.24, 2.45) is 0 Å². The van der Waals surface area contributed by atoms with Gasteiger partial charge in [0.2, 0.25) is 5.89 Å². The van der Waals surface area contributed by atoms with Crippen molar-refractivity contribution in [1.29, 1.82) is 5.26 Å². The van der Waals surface area contributed by atoms with E-state index >= 15 is 0 Å². The molecule has 0 saturated carbocycles. The molecule has 1 aromatic heterocycles. The van der Waals surface area contributed by atoms with Crippen molar-refractivity contribution in [3.8, 4) is 6.07 Å². The molecule has 1 aromatic rings. The number of rotatable bonds is 5. The highest BCUT2D eigenvalue weighted by Gasteiger charge is 2.04. The van der Waals surface area contributed by atoms with Crippen molar-refractivity contribution >= 4 is 11.8 Å². The number of hydrogen-bond acceptors (Lipinski definition) is 5. The van der Waals surface area contributed by atoms with Crippen LogP contribution >= 0.6 is 11.8 Å². The number of aryl methyl sites for hydroxylation is 1. The third-order valence-corrected chi connectivity index (χ3v) is 2.27. The van der Waals surface area contributed by atoms with Gasteiger partial charge in [0.05, 0.1) is 11.8 Å². The van der Waals surface area contributed by atoms with Crippen LogP contribution in [0.25, 0.3) is 0 Å². The third-order valence-electron chi connectivity index (χ3n) is 1.40. The van der Waals surface area contributed by atoms with Crippen molar-refractivity contribution in [3.05, 3.63) is 11.7 Å². The molecule has 1 rings (SSSR count). The maximum absolute atomic E-state index is 8.33. The van der Waals surface area contributed by atoms with E-state index in [9.17, 15) is 0 Å². The van der Waals surface area contributed by atoms with Crippen molar-refractivity contribution in [1.82, 2.24) is 10.1 Å². The minimum atomic E-state index is 0.433. The molecule has 0 amide bonds. The Bertz CT molecular complexity index is 292. The lowest BCUT2D eigenvalue weighted by Gasteiger charge is -1.88. The molecule has 0 unspecified atom stereocenters. The Balaban J connectivity index is 2.40. The zero-order chi connectivity index (χ0) is 9.52. The number of hydrogen-bond donors (Lipinski definition) is 0. The molecule has 0 bridgehead atoms. The summed E-state index contributed by atoms with van der Waals surface area (Å²) in [4.78, 5) is 4.14. The van der Waals surface area contributed by atoms with Crippen LogP contribution in [0.4, 0.5) is 0 Å². The van der Waals surface area contributed by atoms with Crippen molar-refractivity contribution < 1.29 is 4.52 Å². The monoisotopic (exact) mass is 197 g/mol. The summed E-state index contributed by atoms with van der Waals surface area (Å²) >= 11 is 1.75. The van der Waals surface area contributed by atoms with Gasteiger partial charge in [0.15, 0.2) is 5.82 Å². The maximum Gasteiger partial charge on any atom is 0.227 e. The largest absolute Gasteiger partial charge is 0.339 e. The molecule has 70 valence electrons. The van der Waals surface area contributed by atoms with E-state index in [1.807, 2.05) is 6.07 Å². The van der Waals surface area contributed by atoms with Gasteiger partial charge in [-0.3, -0.25) is 0 Å². The highest BCUT2D eigenvalue weighted by atomic mass is 32.2. The van der Waals surface area contributed by atoms with Gasteiger partial charge in [0.25, 0.3) is 0 Å². The normalized spacial score (nSPS) is 9.85. The molecule has 4 nitrogen and oxygen atoms in total. The van der Waals surface area contributed by atoms with E-state index in [4.69, 9.17) is 9.78 Å². The fourth-order valence-electron chi connectivity index (χ4n) is 0.806. The van der Waals surface area contributed by atoms with Crippen molar-refractivity contribution in [2.45, 2.75) is 25.5 Å². The van der Waals surface area contributed by atoms with E-state index in [2.05, 4.69) is 17.1 Å². The molecule has 0 fully saturated rings. The molecule has 0 atom stereocenters. The second kappa shape index (κ2) is 5.60. The zero-order valence-electron chi connectivity index (χ0n) is 7.49. The highest BCUT2D eigenvalue weighted by molar-refractivity contribution is 7.98. The van der Waals surface area contributed by atoms with E-state index in [1.54, 1.807) is 11.8 Å². The van der Waals surface area contributed by atoms with Crippen LogP contribution in [0.5, 0.6) is 0 Å². The second-order valence-electron chi connectivity index (χ2n) is 2.40. The predicted octanol–water partition coefficient (Wildman–Crippen LogP) is 1.78. The third kappa shape index (κ3) is 3.47. The van der Waals surface area contributed by atoms with Crippen LogP contribution in [-0.4, -0.2) is 15.9 Å². The fraction of sp³-hybridized carbons (Fsp3) is 0.625. The summed E-state index contributed by atoms with van der Waals surface area (Å²) in [7, 11) is 0. The molecule has 1 heterocycles. The van der Waals surface area contributed by atoms with E-state index < -0.39 is 0 Å². The molecule has 0 saturated heterocycles. The van der Waals surface area contributed by atoms with Gasteiger partial charge in [-0.2, -0.15) is 22.0 Å². The van der Waals surface area contributed by atoms with Gasteiger partial charge in [-0.25, -0.2) is 0 Å². The Labute approximate surface area is 81.3 Å². The summed E-state index contributed by atoms with van der Waals surface area (Å²) in [5, 5.41) is 12.1. The van der Waals surface area contributed by atoms with Gasteiger partial charge in [0.1, 0.15) is 0 Å². The number of aromatic nitrogens is 2. The lowest BCUT2D eigenvalue weighted by Crippen LogP contribution is -1.86. The van der Waals surface area contributed by atoms with Crippen LogP contribution in [0.3, 0.4) is 0 Å². The van der Waals surface area contributed by atoms with Gasteiger partial charge in [-0.15, -0.1) is 0 Å². The van der Waals surface area contributed by atoms with E-state index in [0.717, 1.165) is 17.3 Å². The number of thioether (sulfide) groups is 1. The van der Waals surface area contributed by atoms with Gasteiger partial charge < -0.3 is 4.52 Å². The first-order valence-corrected chi connectivity index (χ1v) is 5.28. The Kier molecular flexibility index (Phi) is 4.33. The van der Waals surface area contributed by atoms with Crippen molar-refractivity contribution in [2.75, 3.05) is 5.75 Å². The molecule has 13 heavy (non-hydrogen) atoms. The van der Waals surface area contributed by atoms with Crippen LogP contribution in [0.15, 0.2) is 4.52 Å². The van der Waals surface area contributed by atoms with Gasteiger partial charge >= 0.3 is 0 Å². The minimum absolute atomic E-state index is 0.433. The smallest absolute Gasteiger partial charge is 0.227 e. The van der Waals surface area contributed by atoms with Crippen LogP contribution < -0.4 is 0 Å². The summed E-state index contributed by atoms with van der Waals surface area (Å²) < 4.78 is 4.94. The zero-order valence-corrected chi connectivity index (χ0v) is 8.30. The Hall–Kier alpha value is -1.02. The molecular formula is C8H11N3OS. The Morgan fingerprint density at radius 3 is 3.15 bits per heavy atom. The molecule has 0 aromatic carbocycles. The molecule has 0 aliphatic heterocycles. The summed E-state index contributed by atoms with van der Waals surface area (Å²) in [6.45, 7) is 2.08. The predicted molar refractivity (Wildman–Crippen MR) is 50.1 cm³/mol. The topological polar surface area (TPSA) is 62.7 Å². The fourth-order valence-corrected chi connectivity index (χ4v) is 1.31. The first-order valence-electron chi connectivity index (χ1n) is 4.13. The Morgan fingerprint density at radius 2 is 2.46 bits per heavy atom. The van der Waals surface area contributed by atoms with Crippen LogP contribution in [-0.2, 0) is 12.2 Å². The summed E-state index contributed by atoms with van der Waals surface area (Å²) in [5.74, 6) is 3.11. The molecule has 0 radical (unpaired) electrons. The van der Waals surface area contributed by atoms with Crippen LogP contribution in [0.1, 0.15) is 25.1 Å². The highest BCUT2D eigenvalue weighted by Crippen LogP contribution is 2.09. The molecular weight excluding hydrogens is 186 g/mol. The van der Waals surface area contributed by atoms with E-state index in [-0.39, 0.29) is 0 Å². The second-order valence-corrected chi connectivity index (χ2v) is 3.67. The molecule has 0 aliphatic carbocycles. The number of nitriles is 1. The van der Waals surface area contributed by atoms with E-state index in [0.29, 0.717) is 18.7 Å². The van der Waals surface area contributed by atoms with Crippen LogP contribution in [0, 0.1) is 11.3 Å². The molecule has 0 aliphatic rings. The maximum atomic E-state index is 8.33. The minimum Gasteiger partial charge on any atom is -0.339 e. The molecule has 0 spiro atoms. The average Bonchev–Trinajstić information content (AvgIpc) is 2.59. The molecule has 5 heteroatoms.